The molecule has 0 saturated carbocycles. The van der Waals surface area contributed by atoms with Crippen molar-refractivity contribution in [3.05, 3.63) is 53.1 Å². The van der Waals surface area contributed by atoms with Gasteiger partial charge in [0, 0.05) is 17.8 Å². The van der Waals surface area contributed by atoms with Gasteiger partial charge in [0.1, 0.15) is 0 Å². The summed E-state index contributed by atoms with van der Waals surface area (Å²) in [4.78, 5) is 23.8. The minimum absolute atomic E-state index is 0.0161. The molecule has 6 heteroatoms. The van der Waals surface area contributed by atoms with Gasteiger partial charge in [-0.25, -0.2) is 0 Å². The largest absolute Gasteiger partial charge is 0.504 e. The zero-order valence-corrected chi connectivity index (χ0v) is 13.8. The summed E-state index contributed by atoms with van der Waals surface area (Å²) in [6.45, 7) is 3.91. The first-order valence-electron chi connectivity index (χ1n) is 7.43. The average Bonchev–Trinajstić information content (AvgIpc) is 2.57. The van der Waals surface area contributed by atoms with E-state index < -0.39 is 11.8 Å². The quantitative estimate of drug-likeness (QED) is 0.751. The number of aromatic hydroxyl groups is 1. The van der Waals surface area contributed by atoms with Gasteiger partial charge in [0.05, 0.1) is 7.11 Å². The lowest BCUT2D eigenvalue weighted by Gasteiger charge is -2.10. The monoisotopic (exact) mass is 328 g/mol. The van der Waals surface area contributed by atoms with E-state index in [9.17, 15) is 14.7 Å². The van der Waals surface area contributed by atoms with Crippen LogP contribution >= 0.6 is 0 Å². The Hall–Kier alpha value is -3.02. The van der Waals surface area contributed by atoms with Crippen molar-refractivity contribution in [1.82, 2.24) is 5.32 Å². The number of phenolic OH excluding ortho intramolecular Hbond substituents is 1. The van der Waals surface area contributed by atoms with Gasteiger partial charge in [0.15, 0.2) is 11.5 Å². The maximum Gasteiger partial charge on any atom is 0.313 e. The Balaban J connectivity index is 1.97. The third-order valence-electron chi connectivity index (χ3n) is 3.71. The highest BCUT2D eigenvalue weighted by atomic mass is 16.5. The maximum atomic E-state index is 11.9. The molecule has 0 aliphatic carbocycles. The summed E-state index contributed by atoms with van der Waals surface area (Å²) in [6, 6.07) is 10.3. The number of carbonyl (C=O) groups excluding carboxylic acids is 2. The van der Waals surface area contributed by atoms with E-state index in [0.29, 0.717) is 17.0 Å². The Morgan fingerprint density at radius 2 is 1.83 bits per heavy atom. The first-order valence-corrected chi connectivity index (χ1v) is 7.43. The predicted octanol–water partition coefficient (Wildman–Crippen LogP) is 2.27. The average molecular weight is 328 g/mol. The Labute approximate surface area is 140 Å². The third kappa shape index (κ3) is 4.04. The van der Waals surface area contributed by atoms with Gasteiger partial charge in [0.25, 0.3) is 0 Å². The van der Waals surface area contributed by atoms with Gasteiger partial charge in [-0.15, -0.1) is 0 Å². The Bertz CT molecular complexity index is 772. The second-order valence-electron chi connectivity index (χ2n) is 5.40. The molecule has 126 valence electrons. The van der Waals surface area contributed by atoms with Crippen LogP contribution in [0.4, 0.5) is 5.69 Å². The number of para-hydroxylation sites is 1. The fourth-order valence-electron chi connectivity index (χ4n) is 2.14. The Morgan fingerprint density at radius 3 is 2.50 bits per heavy atom. The number of anilines is 1. The summed E-state index contributed by atoms with van der Waals surface area (Å²) >= 11 is 0. The molecule has 0 fully saturated rings. The zero-order chi connectivity index (χ0) is 17.7. The van der Waals surface area contributed by atoms with Crippen molar-refractivity contribution in [2.24, 2.45) is 0 Å². The number of amides is 2. The lowest BCUT2D eigenvalue weighted by Crippen LogP contribution is -2.35. The second kappa shape index (κ2) is 7.50. The molecular formula is C18H20N2O4. The van der Waals surface area contributed by atoms with Gasteiger partial charge in [-0.05, 0) is 43.2 Å². The summed E-state index contributed by atoms with van der Waals surface area (Å²) in [7, 11) is 1.44. The fourth-order valence-corrected chi connectivity index (χ4v) is 2.14. The molecule has 0 saturated heterocycles. The molecule has 0 bridgehead atoms. The third-order valence-corrected chi connectivity index (χ3v) is 3.71. The van der Waals surface area contributed by atoms with Crippen LogP contribution in [0.3, 0.4) is 0 Å². The van der Waals surface area contributed by atoms with Crippen molar-refractivity contribution < 1.29 is 19.4 Å². The molecule has 0 heterocycles. The van der Waals surface area contributed by atoms with E-state index >= 15 is 0 Å². The topological polar surface area (TPSA) is 87.7 Å². The van der Waals surface area contributed by atoms with Crippen molar-refractivity contribution in [2.45, 2.75) is 20.4 Å². The van der Waals surface area contributed by atoms with E-state index in [-0.39, 0.29) is 12.3 Å². The zero-order valence-electron chi connectivity index (χ0n) is 13.8. The normalized spacial score (nSPS) is 10.1. The van der Waals surface area contributed by atoms with Crippen LogP contribution in [0.5, 0.6) is 11.5 Å². The minimum Gasteiger partial charge on any atom is -0.504 e. The molecule has 24 heavy (non-hydrogen) atoms. The van der Waals surface area contributed by atoms with Gasteiger partial charge < -0.3 is 20.5 Å². The predicted molar refractivity (Wildman–Crippen MR) is 91.1 cm³/mol. The van der Waals surface area contributed by atoms with E-state index in [2.05, 4.69) is 10.6 Å². The van der Waals surface area contributed by atoms with Crippen LogP contribution in [0.15, 0.2) is 36.4 Å². The van der Waals surface area contributed by atoms with E-state index in [1.807, 2.05) is 19.9 Å². The standard InChI is InChI=1S/C18H20N2O4/c1-11-7-8-14(9-12(11)2)20-18(23)17(22)19-10-13-5-4-6-15(24-3)16(13)21/h4-9,21H,10H2,1-3H3,(H,19,22)(H,20,23). The number of hydrogen-bond acceptors (Lipinski definition) is 4. The van der Waals surface area contributed by atoms with Crippen LogP contribution in [0.2, 0.25) is 0 Å². The maximum absolute atomic E-state index is 11.9. The number of ether oxygens (including phenoxy) is 1. The summed E-state index contributed by atoms with van der Waals surface area (Å²) < 4.78 is 5.00. The summed E-state index contributed by atoms with van der Waals surface area (Å²) in [5.74, 6) is -1.30. The molecule has 6 nitrogen and oxygen atoms in total. The second-order valence-corrected chi connectivity index (χ2v) is 5.40. The minimum atomic E-state index is -0.782. The van der Waals surface area contributed by atoms with Crippen LogP contribution < -0.4 is 15.4 Å². The highest BCUT2D eigenvalue weighted by molar-refractivity contribution is 6.39. The molecule has 0 aliphatic heterocycles. The molecule has 2 rings (SSSR count). The SMILES string of the molecule is COc1cccc(CNC(=O)C(=O)Nc2ccc(C)c(C)c2)c1O. The van der Waals surface area contributed by atoms with Crippen molar-refractivity contribution >= 4 is 17.5 Å². The summed E-state index contributed by atoms with van der Waals surface area (Å²) in [6.07, 6.45) is 0. The molecule has 0 atom stereocenters. The number of nitrogens with one attached hydrogen (secondary N) is 2. The van der Waals surface area contributed by atoms with E-state index in [0.717, 1.165) is 11.1 Å². The molecule has 2 aromatic rings. The van der Waals surface area contributed by atoms with Crippen molar-refractivity contribution in [1.29, 1.82) is 0 Å². The molecule has 0 radical (unpaired) electrons. The molecule has 3 N–H and O–H groups in total. The molecule has 0 aliphatic rings. The number of rotatable bonds is 4. The van der Waals surface area contributed by atoms with Crippen molar-refractivity contribution in [3.63, 3.8) is 0 Å². The van der Waals surface area contributed by atoms with Gasteiger partial charge >= 0.3 is 11.8 Å². The number of hydrogen-bond donors (Lipinski definition) is 3. The highest BCUT2D eigenvalue weighted by Crippen LogP contribution is 2.29. The van der Waals surface area contributed by atoms with Gasteiger partial charge in [-0.1, -0.05) is 18.2 Å². The highest BCUT2D eigenvalue weighted by Gasteiger charge is 2.15. The number of phenols is 1. The fraction of sp³-hybridized carbons (Fsp3) is 0.222. The van der Waals surface area contributed by atoms with Crippen LogP contribution in [-0.4, -0.2) is 24.0 Å². The Kier molecular flexibility index (Phi) is 5.42. The number of carbonyl (C=O) groups is 2. The molecule has 2 amide bonds. The molecule has 0 spiro atoms. The number of aryl methyl sites for hydroxylation is 2. The smallest absolute Gasteiger partial charge is 0.313 e. The van der Waals surface area contributed by atoms with Crippen molar-refractivity contribution in [3.8, 4) is 11.5 Å². The first kappa shape index (κ1) is 17.3. The van der Waals surface area contributed by atoms with Crippen LogP contribution in [-0.2, 0) is 16.1 Å². The lowest BCUT2D eigenvalue weighted by atomic mass is 10.1. The molecule has 0 aromatic heterocycles. The van der Waals surface area contributed by atoms with Crippen LogP contribution in [0.25, 0.3) is 0 Å². The van der Waals surface area contributed by atoms with E-state index in [1.54, 1.807) is 30.3 Å². The number of methoxy groups -OCH3 is 1. The lowest BCUT2D eigenvalue weighted by molar-refractivity contribution is -0.136. The molecular weight excluding hydrogens is 308 g/mol. The van der Waals surface area contributed by atoms with Crippen LogP contribution in [0.1, 0.15) is 16.7 Å². The van der Waals surface area contributed by atoms with Gasteiger partial charge in [0.2, 0.25) is 0 Å². The molecule has 0 unspecified atom stereocenters. The van der Waals surface area contributed by atoms with E-state index in [1.165, 1.54) is 7.11 Å². The first-order chi connectivity index (χ1) is 11.4. The Morgan fingerprint density at radius 1 is 1.08 bits per heavy atom. The molecule has 2 aromatic carbocycles. The summed E-state index contributed by atoms with van der Waals surface area (Å²) in [5.41, 5.74) is 3.14. The number of benzene rings is 2. The summed E-state index contributed by atoms with van der Waals surface area (Å²) in [5, 5.41) is 15.0. The van der Waals surface area contributed by atoms with E-state index in [4.69, 9.17) is 4.74 Å². The van der Waals surface area contributed by atoms with Gasteiger partial charge in [-0.3, -0.25) is 9.59 Å². The van der Waals surface area contributed by atoms with Crippen molar-refractivity contribution in [2.75, 3.05) is 12.4 Å². The van der Waals surface area contributed by atoms with Gasteiger partial charge in [-0.2, -0.15) is 0 Å². The van der Waals surface area contributed by atoms with Crippen LogP contribution in [0, 0.1) is 13.8 Å².